The van der Waals surface area contributed by atoms with Crippen LogP contribution in [0, 0.1) is 3.57 Å². The summed E-state index contributed by atoms with van der Waals surface area (Å²) in [7, 11) is 0. The van der Waals surface area contributed by atoms with Crippen LogP contribution in [0.2, 0.25) is 0 Å². The summed E-state index contributed by atoms with van der Waals surface area (Å²) in [5.74, 6) is -0.938. The van der Waals surface area contributed by atoms with Gasteiger partial charge in [-0.1, -0.05) is 12.1 Å². The van der Waals surface area contributed by atoms with Crippen molar-refractivity contribution in [1.29, 1.82) is 0 Å². The van der Waals surface area contributed by atoms with Crippen LogP contribution in [0.1, 0.15) is 12.5 Å². The summed E-state index contributed by atoms with van der Waals surface area (Å²) in [6, 6.07) is 14.3. The van der Waals surface area contributed by atoms with Gasteiger partial charge in [-0.05, 0) is 71.5 Å². The van der Waals surface area contributed by atoms with Crippen molar-refractivity contribution in [3.8, 4) is 5.75 Å². The van der Waals surface area contributed by atoms with E-state index in [9.17, 15) is 9.59 Å². The number of amides is 2. The zero-order valence-electron chi connectivity index (χ0n) is 13.0. The van der Waals surface area contributed by atoms with E-state index in [1.165, 1.54) is 6.21 Å². The molecule has 0 radical (unpaired) electrons. The van der Waals surface area contributed by atoms with Gasteiger partial charge in [0.05, 0.1) is 12.8 Å². The Balaban J connectivity index is 1.85. The summed E-state index contributed by atoms with van der Waals surface area (Å²) in [6.07, 6.45) is 1.47. The van der Waals surface area contributed by atoms with E-state index in [0.717, 1.165) is 9.13 Å². The Morgan fingerprint density at radius 1 is 1.08 bits per heavy atom. The molecule has 2 aromatic carbocycles. The summed E-state index contributed by atoms with van der Waals surface area (Å²) < 4.78 is 6.40. The number of benzene rings is 2. The lowest BCUT2D eigenvalue weighted by atomic mass is 10.2. The molecule has 0 aliphatic heterocycles. The Morgan fingerprint density at radius 2 is 1.75 bits per heavy atom. The third kappa shape index (κ3) is 5.65. The van der Waals surface area contributed by atoms with Crippen molar-refractivity contribution in [3.05, 3.63) is 57.7 Å². The van der Waals surface area contributed by atoms with E-state index in [1.807, 2.05) is 31.2 Å². The number of ether oxygens (including phenoxy) is 1. The normalized spacial score (nSPS) is 10.4. The van der Waals surface area contributed by atoms with Crippen LogP contribution < -0.4 is 15.5 Å². The highest BCUT2D eigenvalue weighted by Crippen LogP contribution is 2.15. The van der Waals surface area contributed by atoms with Gasteiger partial charge in [0.1, 0.15) is 5.75 Å². The monoisotopic (exact) mass is 437 g/mol. The number of hydrogen-bond acceptors (Lipinski definition) is 4. The van der Waals surface area contributed by atoms with Gasteiger partial charge in [-0.2, -0.15) is 5.10 Å². The van der Waals surface area contributed by atoms with Gasteiger partial charge in [-0.15, -0.1) is 0 Å². The minimum Gasteiger partial charge on any atom is -0.494 e. The number of nitrogens with one attached hydrogen (secondary N) is 2. The predicted molar refractivity (Wildman–Crippen MR) is 101 cm³/mol. The van der Waals surface area contributed by atoms with Gasteiger partial charge in [0.15, 0.2) is 0 Å². The molecule has 0 saturated carbocycles. The minimum atomic E-state index is -0.842. The van der Waals surface area contributed by atoms with Gasteiger partial charge in [0, 0.05) is 9.26 Å². The molecule has 0 aromatic heterocycles. The van der Waals surface area contributed by atoms with Crippen molar-refractivity contribution in [1.82, 2.24) is 5.43 Å². The van der Waals surface area contributed by atoms with Crippen LogP contribution in [0.15, 0.2) is 53.6 Å². The summed E-state index contributed by atoms with van der Waals surface area (Å²) >= 11 is 2.20. The zero-order valence-corrected chi connectivity index (χ0v) is 15.1. The lowest BCUT2D eigenvalue weighted by Crippen LogP contribution is -2.32. The van der Waals surface area contributed by atoms with E-state index in [2.05, 4.69) is 38.4 Å². The number of hydrogen-bond donors (Lipinski definition) is 2. The minimum absolute atomic E-state index is 0.500. The largest absolute Gasteiger partial charge is 0.494 e. The van der Waals surface area contributed by atoms with Gasteiger partial charge in [-0.3, -0.25) is 9.59 Å². The smallest absolute Gasteiger partial charge is 0.329 e. The standard InChI is InChI=1S/C17H16IN3O3/c1-2-24-15-9-7-14(8-10-15)20-16(22)17(23)21-19-11-12-3-5-13(18)6-4-12/h3-11H,2H2,1H3,(H,20,22)(H,21,23)/b19-11-. The lowest BCUT2D eigenvalue weighted by molar-refractivity contribution is -0.136. The predicted octanol–water partition coefficient (Wildman–Crippen LogP) is 2.78. The molecule has 0 saturated heterocycles. The number of carbonyl (C=O) groups is 2. The third-order valence-corrected chi connectivity index (χ3v) is 3.60. The Morgan fingerprint density at radius 3 is 2.38 bits per heavy atom. The first-order valence-electron chi connectivity index (χ1n) is 7.21. The van der Waals surface area contributed by atoms with Crippen molar-refractivity contribution >= 4 is 46.3 Å². The number of rotatable bonds is 5. The van der Waals surface area contributed by atoms with Gasteiger partial charge in [-0.25, -0.2) is 5.43 Å². The molecule has 0 bridgehead atoms. The number of halogens is 1. The molecule has 2 amide bonds. The topological polar surface area (TPSA) is 79.8 Å². The van der Waals surface area contributed by atoms with Crippen molar-refractivity contribution in [2.24, 2.45) is 5.10 Å². The van der Waals surface area contributed by atoms with E-state index < -0.39 is 11.8 Å². The molecule has 2 rings (SSSR count). The molecule has 0 spiro atoms. The molecule has 0 unspecified atom stereocenters. The molecule has 24 heavy (non-hydrogen) atoms. The summed E-state index contributed by atoms with van der Waals surface area (Å²) in [5, 5.41) is 6.25. The highest BCUT2D eigenvalue weighted by atomic mass is 127. The van der Waals surface area contributed by atoms with Crippen molar-refractivity contribution in [3.63, 3.8) is 0 Å². The van der Waals surface area contributed by atoms with Crippen LogP contribution in [0.5, 0.6) is 5.75 Å². The SMILES string of the molecule is CCOc1ccc(NC(=O)C(=O)N/N=C\c2ccc(I)cc2)cc1. The quantitative estimate of drug-likeness (QED) is 0.327. The average molecular weight is 437 g/mol. The molecule has 6 nitrogen and oxygen atoms in total. The zero-order chi connectivity index (χ0) is 17.4. The van der Waals surface area contributed by atoms with Crippen molar-refractivity contribution in [2.45, 2.75) is 6.92 Å². The van der Waals surface area contributed by atoms with E-state index >= 15 is 0 Å². The fraction of sp³-hybridized carbons (Fsp3) is 0.118. The fourth-order valence-electron chi connectivity index (χ4n) is 1.75. The van der Waals surface area contributed by atoms with Crippen LogP contribution in [0.3, 0.4) is 0 Å². The maximum atomic E-state index is 11.8. The first-order chi connectivity index (χ1) is 11.6. The molecule has 2 N–H and O–H groups in total. The Kier molecular flexibility index (Phi) is 6.74. The summed E-state index contributed by atoms with van der Waals surface area (Å²) in [4.78, 5) is 23.5. The van der Waals surface area contributed by atoms with Crippen molar-refractivity contribution < 1.29 is 14.3 Å². The van der Waals surface area contributed by atoms with E-state index in [4.69, 9.17) is 4.74 Å². The summed E-state index contributed by atoms with van der Waals surface area (Å²) in [6.45, 7) is 2.45. The first kappa shape index (κ1) is 17.9. The van der Waals surface area contributed by atoms with Gasteiger partial charge in [0.2, 0.25) is 0 Å². The molecule has 2 aromatic rings. The fourth-order valence-corrected chi connectivity index (χ4v) is 2.11. The van der Waals surface area contributed by atoms with Crippen LogP contribution >= 0.6 is 22.6 Å². The second-order valence-electron chi connectivity index (χ2n) is 4.66. The molecule has 0 fully saturated rings. The van der Waals surface area contributed by atoms with E-state index in [1.54, 1.807) is 24.3 Å². The Hall–Kier alpha value is -2.42. The third-order valence-electron chi connectivity index (χ3n) is 2.88. The Bertz CT molecular complexity index is 728. The second-order valence-corrected chi connectivity index (χ2v) is 5.91. The van der Waals surface area contributed by atoms with Crippen LogP contribution in [-0.2, 0) is 9.59 Å². The molecule has 7 heteroatoms. The Labute approximate surface area is 153 Å². The van der Waals surface area contributed by atoms with Crippen molar-refractivity contribution in [2.75, 3.05) is 11.9 Å². The number of nitrogens with zero attached hydrogens (tertiary/aromatic N) is 1. The molecule has 124 valence electrons. The average Bonchev–Trinajstić information content (AvgIpc) is 2.58. The maximum absolute atomic E-state index is 11.8. The molecule has 0 atom stereocenters. The molecule has 0 heterocycles. The molecule has 0 aliphatic rings. The van der Waals surface area contributed by atoms with Gasteiger partial charge < -0.3 is 10.1 Å². The second kappa shape index (κ2) is 9.02. The maximum Gasteiger partial charge on any atom is 0.329 e. The number of hydrazone groups is 1. The van der Waals surface area contributed by atoms with Gasteiger partial charge in [0.25, 0.3) is 0 Å². The van der Waals surface area contributed by atoms with E-state index in [0.29, 0.717) is 18.0 Å². The highest BCUT2D eigenvalue weighted by molar-refractivity contribution is 14.1. The van der Waals surface area contributed by atoms with E-state index in [-0.39, 0.29) is 0 Å². The lowest BCUT2D eigenvalue weighted by Gasteiger charge is -2.06. The van der Waals surface area contributed by atoms with Gasteiger partial charge >= 0.3 is 11.8 Å². The molecular formula is C17H16IN3O3. The number of anilines is 1. The van der Waals surface area contributed by atoms with Crippen LogP contribution in [0.4, 0.5) is 5.69 Å². The molecular weight excluding hydrogens is 421 g/mol. The van der Waals surface area contributed by atoms with Crippen LogP contribution in [0.25, 0.3) is 0 Å². The molecule has 0 aliphatic carbocycles. The highest BCUT2D eigenvalue weighted by Gasteiger charge is 2.12. The summed E-state index contributed by atoms with van der Waals surface area (Å²) in [5.41, 5.74) is 3.51. The van der Waals surface area contributed by atoms with Crippen LogP contribution in [-0.4, -0.2) is 24.6 Å². The number of carbonyl (C=O) groups excluding carboxylic acids is 2. The first-order valence-corrected chi connectivity index (χ1v) is 8.29.